The van der Waals surface area contributed by atoms with Crippen LogP contribution in [-0.4, -0.2) is 45.1 Å². The molecule has 2 N–H and O–H groups in total. The fraction of sp³-hybridized carbons (Fsp3) is 0.562. The molecule has 0 aliphatic rings. The summed E-state index contributed by atoms with van der Waals surface area (Å²) in [5, 5.41) is 0. The summed E-state index contributed by atoms with van der Waals surface area (Å²) in [5.74, 6) is -1.76. The zero-order chi connectivity index (χ0) is 17.8. The van der Waals surface area contributed by atoms with Gasteiger partial charge in [-0.3, -0.25) is 4.79 Å². The maximum absolute atomic E-state index is 12.9. The number of carbonyl (C=O) groups is 1. The fourth-order valence-electron chi connectivity index (χ4n) is 2.30. The Bertz CT molecular complexity index is 642. The van der Waals surface area contributed by atoms with Crippen molar-refractivity contribution in [2.24, 2.45) is 17.1 Å². The molecule has 0 fully saturated rings. The lowest BCUT2D eigenvalue weighted by Crippen LogP contribution is -2.42. The molecule has 0 aromatic heterocycles. The fourth-order valence-corrected chi connectivity index (χ4v) is 3.84. The number of rotatable bonds is 7. The van der Waals surface area contributed by atoms with Crippen LogP contribution in [0.1, 0.15) is 20.8 Å². The third-order valence-corrected chi connectivity index (χ3v) is 5.59. The van der Waals surface area contributed by atoms with Gasteiger partial charge in [0, 0.05) is 19.5 Å². The quantitative estimate of drug-likeness (QED) is 0.763. The molecule has 0 spiro atoms. The predicted octanol–water partition coefficient (Wildman–Crippen LogP) is 1.68. The first-order valence-corrected chi connectivity index (χ1v) is 9.07. The number of halogens is 1. The molecule has 1 aromatic carbocycles. The van der Waals surface area contributed by atoms with Gasteiger partial charge in [-0.1, -0.05) is 20.8 Å². The summed E-state index contributed by atoms with van der Waals surface area (Å²) < 4.78 is 37.5. The van der Waals surface area contributed by atoms with E-state index in [4.69, 9.17) is 5.73 Å². The molecule has 23 heavy (non-hydrogen) atoms. The molecule has 0 heterocycles. The minimum Gasteiger partial charge on any atom is -0.345 e. The molecule has 7 heteroatoms. The van der Waals surface area contributed by atoms with Gasteiger partial charge < -0.3 is 10.6 Å². The summed E-state index contributed by atoms with van der Waals surface area (Å²) >= 11 is 0. The average molecular weight is 344 g/mol. The minimum atomic E-state index is -3.64. The third kappa shape index (κ3) is 5.58. The van der Waals surface area contributed by atoms with Gasteiger partial charge in [-0.25, -0.2) is 12.8 Å². The van der Waals surface area contributed by atoms with Gasteiger partial charge in [-0.05, 0) is 36.2 Å². The van der Waals surface area contributed by atoms with Gasteiger partial charge in [0.25, 0.3) is 0 Å². The maximum atomic E-state index is 12.9. The SMILES string of the molecule is CC(CS(=O)(=O)c1ccc(F)cc1)C(=O)N(C)CC(C)(C)CN. The van der Waals surface area contributed by atoms with Crippen molar-refractivity contribution in [1.82, 2.24) is 4.90 Å². The second kappa shape index (κ2) is 7.40. The number of carbonyl (C=O) groups excluding carboxylic acids is 1. The van der Waals surface area contributed by atoms with Gasteiger partial charge in [0.2, 0.25) is 5.91 Å². The van der Waals surface area contributed by atoms with Crippen molar-refractivity contribution in [1.29, 1.82) is 0 Å². The highest BCUT2D eigenvalue weighted by Gasteiger charge is 2.28. The third-order valence-electron chi connectivity index (χ3n) is 3.66. The highest BCUT2D eigenvalue weighted by Crippen LogP contribution is 2.18. The molecule has 1 rings (SSSR count). The number of hydrogen-bond donors (Lipinski definition) is 1. The Labute approximate surface area is 137 Å². The second-order valence-corrected chi connectivity index (χ2v) is 8.73. The zero-order valence-electron chi connectivity index (χ0n) is 14.0. The van der Waals surface area contributed by atoms with Gasteiger partial charge in [-0.15, -0.1) is 0 Å². The van der Waals surface area contributed by atoms with E-state index in [9.17, 15) is 17.6 Å². The normalized spacial score (nSPS) is 13.7. The van der Waals surface area contributed by atoms with Crippen molar-refractivity contribution < 1.29 is 17.6 Å². The van der Waals surface area contributed by atoms with Crippen LogP contribution in [-0.2, 0) is 14.6 Å². The number of amides is 1. The molecule has 0 bridgehead atoms. The minimum absolute atomic E-state index is 0.0171. The Morgan fingerprint density at radius 3 is 2.30 bits per heavy atom. The molecule has 0 aliphatic carbocycles. The van der Waals surface area contributed by atoms with Crippen LogP contribution in [0.4, 0.5) is 4.39 Å². The summed E-state index contributed by atoms with van der Waals surface area (Å²) in [4.78, 5) is 13.9. The van der Waals surface area contributed by atoms with Crippen LogP contribution in [0.15, 0.2) is 29.2 Å². The van der Waals surface area contributed by atoms with Gasteiger partial charge in [0.05, 0.1) is 10.6 Å². The van der Waals surface area contributed by atoms with E-state index in [1.807, 2.05) is 13.8 Å². The number of nitrogens with two attached hydrogens (primary N) is 1. The molecule has 0 saturated carbocycles. The largest absolute Gasteiger partial charge is 0.345 e. The molecule has 130 valence electrons. The van der Waals surface area contributed by atoms with E-state index in [1.54, 1.807) is 14.0 Å². The first kappa shape index (κ1) is 19.6. The molecule has 1 atom stereocenters. The second-order valence-electron chi connectivity index (χ2n) is 6.70. The molecule has 0 saturated heterocycles. The smallest absolute Gasteiger partial charge is 0.226 e. The monoisotopic (exact) mass is 344 g/mol. The highest BCUT2D eigenvalue weighted by molar-refractivity contribution is 7.91. The number of hydrogen-bond acceptors (Lipinski definition) is 4. The van der Waals surface area contributed by atoms with E-state index in [0.717, 1.165) is 12.1 Å². The van der Waals surface area contributed by atoms with Crippen molar-refractivity contribution in [2.75, 3.05) is 25.9 Å². The van der Waals surface area contributed by atoms with Crippen molar-refractivity contribution >= 4 is 15.7 Å². The van der Waals surface area contributed by atoms with Crippen molar-refractivity contribution in [3.8, 4) is 0 Å². The van der Waals surface area contributed by atoms with Crippen LogP contribution in [0.5, 0.6) is 0 Å². The van der Waals surface area contributed by atoms with Gasteiger partial charge in [0.15, 0.2) is 9.84 Å². The first-order valence-electron chi connectivity index (χ1n) is 7.42. The topological polar surface area (TPSA) is 80.5 Å². The summed E-state index contributed by atoms with van der Waals surface area (Å²) in [6.45, 7) is 6.33. The lowest BCUT2D eigenvalue weighted by molar-refractivity contribution is -0.134. The number of sulfone groups is 1. The molecule has 1 amide bonds. The van der Waals surface area contributed by atoms with E-state index in [0.29, 0.717) is 13.1 Å². The van der Waals surface area contributed by atoms with E-state index >= 15 is 0 Å². The lowest BCUT2D eigenvalue weighted by Gasteiger charge is -2.30. The predicted molar refractivity (Wildman–Crippen MR) is 88.1 cm³/mol. The van der Waals surface area contributed by atoms with Crippen LogP contribution in [0.25, 0.3) is 0 Å². The van der Waals surface area contributed by atoms with Gasteiger partial charge in [0.1, 0.15) is 5.82 Å². The summed E-state index contributed by atoms with van der Waals surface area (Å²) in [6, 6.07) is 4.61. The van der Waals surface area contributed by atoms with Crippen LogP contribution >= 0.6 is 0 Å². The highest BCUT2D eigenvalue weighted by atomic mass is 32.2. The molecular weight excluding hydrogens is 319 g/mol. The van der Waals surface area contributed by atoms with Crippen LogP contribution in [0, 0.1) is 17.2 Å². The van der Waals surface area contributed by atoms with Gasteiger partial charge >= 0.3 is 0 Å². The van der Waals surface area contributed by atoms with E-state index < -0.39 is 21.6 Å². The Balaban J connectivity index is 2.79. The summed E-state index contributed by atoms with van der Waals surface area (Å²) in [7, 11) is -2.00. The van der Waals surface area contributed by atoms with Gasteiger partial charge in [-0.2, -0.15) is 0 Å². The van der Waals surface area contributed by atoms with Crippen molar-refractivity contribution in [2.45, 2.75) is 25.7 Å². The molecule has 1 aromatic rings. The number of nitrogens with zero attached hydrogens (tertiary/aromatic N) is 1. The Hall–Kier alpha value is -1.47. The van der Waals surface area contributed by atoms with Crippen LogP contribution in [0.3, 0.4) is 0 Å². The molecule has 1 unspecified atom stereocenters. The maximum Gasteiger partial charge on any atom is 0.226 e. The average Bonchev–Trinajstić information content (AvgIpc) is 2.45. The summed E-state index contributed by atoms with van der Waals surface area (Å²) in [6.07, 6.45) is 0. The Morgan fingerprint density at radius 1 is 1.30 bits per heavy atom. The van der Waals surface area contributed by atoms with Crippen LogP contribution < -0.4 is 5.73 Å². The zero-order valence-corrected chi connectivity index (χ0v) is 14.9. The van der Waals surface area contributed by atoms with E-state index in [1.165, 1.54) is 17.0 Å². The first-order chi connectivity index (χ1) is 10.5. The molecule has 5 nitrogen and oxygen atoms in total. The molecular formula is C16H25FN2O3S. The van der Waals surface area contributed by atoms with Crippen molar-refractivity contribution in [3.05, 3.63) is 30.1 Å². The van der Waals surface area contributed by atoms with E-state index in [-0.39, 0.29) is 22.0 Å². The molecule has 0 aliphatic heterocycles. The lowest BCUT2D eigenvalue weighted by atomic mass is 9.93. The van der Waals surface area contributed by atoms with Crippen LogP contribution in [0.2, 0.25) is 0 Å². The molecule has 0 radical (unpaired) electrons. The van der Waals surface area contributed by atoms with E-state index in [2.05, 4.69) is 0 Å². The standard InChI is InChI=1S/C16H25FN2O3S/c1-12(15(20)19(4)11-16(2,3)10-18)9-23(21,22)14-7-5-13(17)6-8-14/h5-8,12H,9-11,18H2,1-4H3. The Morgan fingerprint density at radius 2 is 1.83 bits per heavy atom. The summed E-state index contributed by atoms with van der Waals surface area (Å²) in [5.41, 5.74) is 5.42. The Kier molecular flexibility index (Phi) is 6.30. The number of benzene rings is 1. The van der Waals surface area contributed by atoms with Crippen molar-refractivity contribution in [3.63, 3.8) is 0 Å².